The summed E-state index contributed by atoms with van der Waals surface area (Å²) in [6.45, 7) is 6.20. The Morgan fingerprint density at radius 1 is 0.773 bits per heavy atom. The minimum atomic E-state index is -1.08. The minimum Gasteiger partial charge on any atom is -0.463 e. The molecule has 4 N–H and O–H groups in total. The van der Waals surface area contributed by atoms with E-state index in [0.29, 0.717) is 19.3 Å². The van der Waals surface area contributed by atoms with Crippen molar-refractivity contribution in [3.63, 3.8) is 0 Å². The number of esters is 2. The number of carbonyl (C=O) groups excluding carboxylic acids is 2. The fraction of sp³-hybridized carbons (Fsp3) is 0.833. The van der Waals surface area contributed by atoms with Crippen LogP contribution in [0.1, 0.15) is 136 Å². The van der Waals surface area contributed by atoms with Crippen LogP contribution in [0.25, 0.3) is 0 Å². The molecule has 0 radical (unpaired) electrons. The van der Waals surface area contributed by atoms with E-state index in [-0.39, 0.29) is 43.9 Å². The molecule has 8 heteroatoms. The topological polar surface area (TPSA) is 134 Å². The van der Waals surface area contributed by atoms with Crippen molar-refractivity contribution in [3.8, 4) is 0 Å². The van der Waals surface area contributed by atoms with Gasteiger partial charge in [0, 0.05) is 18.8 Å². The molecule has 256 valence electrons. The fourth-order valence-electron chi connectivity index (χ4n) is 5.71. The smallest absolute Gasteiger partial charge is 0.309 e. The van der Waals surface area contributed by atoms with Gasteiger partial charge >= 0.3 is 11.9 Å². The number of unbranched alkanes of at least 4 members (excludes halogenated alkanes) is 10. The third-order valence-electron chi connectivity index (χ3n) is 8.47. The number of aliphatic hydroxyl groups excluding tert-OH is 4. The largest absolute Gasteiger partial charge is 0.463 e. The summed E-state index contributed by atoms with van der Waals surface area (Å²) in [5.41, 5.74) is 0. The predicted octanol–water partition coefficient (Wildman–Crippen LogP) is 6.57. The molecule has 0 bridgehead atoms. The summed E-state index contributed by atoms with van der Waals surface area (Å²) in [5.74, 6) is -0.531. The Morgan fingerprint density at radius 3 is 2.00 bits per heavy atom. The molecule has 1 saturated carbocycles. The number of rotatable bonds is 26. The number of hydrogen-bond donors (Lipinski definition) is 4. The van der Waals surface area contributed by atoms with Crippen LogP contribution in [-0.2, 0) is 19.1 Å². The van der Waals surface area contributed by atoms with Crippen molar-refractivity contribution in [3.05, 3.63) is 24.3 Å². The molecule has 1 rings (SSSR count). The number of ether oxygens (including phenoxy) is 2. The summed E-state index contributed by atoms with van der Waals surface area (Å²) >= 11 is 0. The molecule has 1 aliphatic carbocycles. The van der Waals surface area contributed by atoms with Gasteiger partial charge in [-0.2, -0.15) is 0 Å². The summed E-state index contributed by atoms with van der Waals surface area (Å²) < 4.78 is 10.2. The highest BCUT2D eigenvalue weighted by Gasteiger charge is 2.39. The maximum Gasteiger partial charge on any atom is 0.309 e. The molecule has 0 saturated heterocycles. The lowest BCUT2D eigenvalue weighted by Gasteiger charge is -2.19. The van der Waals surface area contributed by atoms with E-state index in [0.717, 1.165) is 44.4 Å². The van der Waals surface area contributed by atoms with E-state index < -0.39 is 30.4 Å². The van der Waals surface area contributed by atoms with Gasteiger partial charge in [-0.25, -0.2) is 0 Å². The van der Waals surface area contributed by atoms with Crippen molar-refractivity contribution in [2.24, 2.45) is 17.8 Å². The van der Waals surface area contributed by atoms with Gasteiger partial charge in [0.15, 0.2) is 0 Å². The highest BCUT2D eigenvalue weighted by atomic mass is 16.6. The fourth-order valence-corrected chi connectivity index (χ4v) is 5.71. The molecule has 0 unspecified atom stereocenters. The molecule has 8 nitrogen and oxygen atoms in total. The standard InChI is InChI=1S/C36H64O8/c1-4-5-13-19-29(37)23-24-32-31(33(39)25-34(32)40)20-16-17-22-36(42)44-27-30(38)26-43-35(41)21-15-12-10-8-6-7-9-11-14-18-28(2)3/h16-17,23-24,28-34,37-40H,4-15,18-22,25-27H2,1-3H3/b17-16-,24-23+/t29-,30-,31+,32-,33+,34-/m1/s1. The summed E-state index contributed by atoms with van der Waals surface area (Å²) in [6, 6.07) is 0. The van der Waals surface area contributed by atoms with E-state index in [2.05, 4.69) is 20.8 Å². The summed E-state index contributed by atoms with van der Waals surface area (Å²) in [7, 11) is 0. The Bertz CT molecular complexity index is 795. The first-order valence-corrected chi connectivity index (χ1v) is 17.5. The molecule has 0 aromatic rings. The second-order valence-electron chi connectivity index (χ2n) is 13.1. The first-order chi connectivity index (χ1) is 21.1. The molecule has 0 amide bonds. The highest BCUT2D eigenvalue weighted by molar-refractivity contribution is 5.71. The average molecular weight is 625 g/mol. The first kappa shape index (κ1) is 40.3. The lowest BCUT2D eigenvalue weighted by Crippen LogP contribution is -2.25. The molecule has 0 spiro atoms. The number of allylic oxidation sites excluding steroid dienone is 1. The lowest BCUT2D eigenvalue weighted by atomic mass is 9.89. The molecule has 6 atom stereocenters. The first-order valence-electron chi connectivity index (χ1n) is 17.5. The zero-order valence-electron chi connectivity index (χ0n) is 27.9. The van der Waals surface area contributed by atoms with Crippen molar-refractivity contribution in [1.29, 1.82) is 0 Å². The quantitative estimate of drug-likeness (QED) is 0.0482. The molecule has 1 aliphatic rings. The number of aliphatic hydroxyl groups is 4. The van der Waals surface area contributed by atoms with Crippen LogP contribution in [0.2, 0.25) is 0 Å². The van der Waals surface area contributed by atoms with Gasteiger partial charge in [0.1, 0.15) is 19.3 Å². The third-order valence-corrected chi connectivity index (χ3v) is 8.47. The third kappa shape index (κ3) is 20.3. The maximum atomic E-state index is 12.1. The van der Waals surface area contributed by atoms with Crippen molar-refractivity contribution in [1.82, 2.24) is 0 Å². The molecule has 0 aromatic carbocycles. The van der Waals surface area contributed by atoms with E-state index in [4.69, 9.17) is 9.47 Å². The van der Waals surface area contributed by atoms with E-state index in [9.17, 15) is 30.0 Å². The molecular formula is C36H64O8. The van der Waals surface area contributed by atoms with E-state index in [1.54, 1.807) is 18.2 Å². The highest BCUT2D eigenvalue weighted by Crippen LogP contribution is 2.36. The minimum absolute atomic E-state index is 0.00661. The summed E-state index contributed by atoms with van der Waals surface area (Å²) in [6.07, 6.45) is 20.8. The predicted molar refractivity (Wildman–Crippen MR) is 175 cm³/mol. The van der Waals surface area contributed by atoms with Crippen LogP contribution in [0.5, 0.6) is 0 Å². The molecule has 0 aromatic heterocycles. The van der Waals surface area contributed by atoms with E-state index in [1.807, 2.05) is 6.08 Å². The Labute approximate surface area is 267 Å². The Balaban J connectivity index is 2.14. The van der Waals surface area contributed by atoms with E-state index >= 15 is 0 Å². The second-order valence-corrected chi connectivity index (χ2v) is 13.1. The zero-order chi connectivity index (χ0) is 32.6. The van der Waals surface area contributed by atoms with Gasteiger partial charge < -0.3 is 29.9 Å². The van der Waals surface area contributed by atoms with Crippen LogP contribution >= 0.6 is 0 Å². The van der Waals surface area contributed by atoms with Gasteiger partial charge in [0.2, 0.25) is 0 Å². The molecule has 0 aliphatic heterocycles. The maximum absolute atomic E-state index is 12.1. The van der Waals surface area contributed by atoms with Crippen molar-refractivity contribution >= 4 is 11.9 Å². The lowest BCUT2D eigenvalue weighted by molar-refractivity contribution is -0.151. The average Bonchev–Trinajstić information content (AvgIpc) is 3.25. The van der Waals surface area contributed by atoms with Crippen LogP contribution < -0.4 is 0 Å². The van der Waals surface area contributed by atoms with Crippen LogP contribution in [-0.4, -0.2) is 70.0 Å². The van der Waals surface area contributed by atoms with Gasteiger partial charge in [-0.3, -0.25) is 9.59 Å². The van der Waals surface area contributed by atoms with Gasteiger partial charge in [0.25, 0.3) is 0 Å². The monoisotopic (exact) mass is 624 g/mol. The number of hydrogen-bond acceptors (Lipinski definition) is 8. The second kappa shape index (κ2) is 25.5. The van der Waals surface area contributed by atoms with Crippen LogP contribution in [0.15, 0.2) is 24.3 Å². The Hall–Kier alpha value is -1.74. The van der Waals surface area contributed by atoms with Gasteiger partial charge in [0.05, 0.1) is 24.7 Å². The summed E-state index contributed by atoms with van der Waals surface area (Å²) in [4.78, 5) is 24.0. The number of carbonyl (C=O) groups is 2. The Kier molecular flexibility index (Phi) is 23.3. The van der Waals surface area contributed by atoms with Crippen LogP contribution in [0.3, 0.4) is 0 Å². The molecule has 44 heavy (non-hydrogen) atoms. The Morgan fingerprint density at radius 2 is 1.36 bits per heavy atom. The van der Waals surface area contributed by atoms with Gasteiger partial charge in [-0.15, -0.1) is 0 Å². The van der Waals surface area contributed by atoms with Crippen LogP contribution in [0, 0.1) is 17.8 Å². The SMILES string of the molecule is CCCCC[C@@H](O)/C=C/[C@@H]1[C@H](C/C=C\CC(=O)OC[C@H](O)COC(=O)CCCCCCCCCCCC(C)C)[C@@H](O)C[C@H]1O. The van der Waals surface area contributed by atoms with Crippen molar-refractivity contribution < 1.29 is 39.5 Å². The van der Waals surface area contributed by atoms with Crippen molar-refractivity contribution in [2.75, 3.05) is 13.2 Å². The normalized spacial score (nSPS) is 21.8. The van der Waals surface area contributed by atoms with Gasteiger partial charge in [-0.05, 0) is 31.1 Å². The molecule has 1 fully saturated rings. The molecular weight excluding hydrogens is 560 g/mol. The van der Waals surface area contributed by atoms with Gasteiger partial charge in [-0.1, -0.05) is 122 Å². The zero-order valence-corrected chi connectivity index (χ0v) is 27.9. The molecule has 0 heterocycles. The van der Waals surface area contributed by atoms with Crippen molar-refractivity contribution in [2.45, 2.75) is 161 Å². The van der Waals surface area contributed by atoms with Crippen LogP contribution in [0.4, 0.5) is 0 Å². The summed E-state index contributed by atoms with van der Waals surface area (Å²) in [5, 5.41) is 41.0. The van der Waals surface area contributed by atoms with E-state index in [1.165, 1.54) is 44.9 Å².